The zero-order valence-corrected chi connectivity index (χ0v) is 22.1. The highest BCUT2D eigenvalue weighted by Crippen LogP contribution is 2.41. The van der Waals surface area contributed by atoms with Crippen LogP contribution in [-0.4, -0.2) is 63.6 Å². The van der Waals surface area contributed by atoms with Gasteiger partial charge in [0, 0.05) is 44.0 Å². The van der Waals surface area contributed by atoms with Crippen LogP contribution in [0.3, 0.4) is 0 Å². The minimum absolute atomic E-state index is 0.213. The van der Waals surface area contributed by atoms with Gasteiger partial charge in [0.1, 0.15) is 12.4 Å². The SMILES string of the molecule is C/C=C(\c1ccc(F)cc1)c1nc(Nc2cc(CN3CCN(C(=O)CO)CC3)cc(C3CC3)c2)ncc1Cl. The van der Waals surface area contributed by atoms with Crippen LogP contribution in [-0.2, 0) is 11.3 Å². The van der Waals surface area contributed by atoms with Gasteiger partial charge >= 0.3 is 0 Å². The van der Waals surface area contributed by atoms with Crippen LogP contribution in [0, 0.1) is 5.82 Å². The maximum absolute atomic E-state index is 13.5. The summed E-state index contributed by atoms with van der Waals surface area (Å²) in [5, 5.41) is 12.9. The average molecular weight is 536 g/mol. The number of anilines is 2. The third-order valence-corrected chi connectivity index (χ3v) is 7.31. The van der Waals surface area contributed by atoms with Crippen molar-refractivity contribution >= 4 is 34.7 Å². The number of nitrogens with one attached hydrogen (secondary N) is 1. The molecule has 0 unspecified atom stereocenters. The lowest BCUT2D eigenvalue weighted by Gasteiger charge is -2.34. The number of hydrogen-bond donors (Lipinski definition) is 2. The lowest BCUT2D eigenvalue weighted by Crippen LogP contribution is -2.49. The minimum Gasteiger partial charge on any atom is -0.387 e. The van der Waals surface area contributed by atoms with E-state index in [9.17, 15) is 9.18 Å². The molecule has 2 aromatic carbocycles. The molecule has 1 amide bonds. The Labute approximate surface area is 227 Å². The van der Waals surface area contributed by atoms with Crippen molar-refractivity contribution in [3.8, 4) is 0 Å². The molecule has 2 N–H and O–H groups in total. The molecule has 7 nitrogen and oxygen atoms in total. The van der Waals surface area contributed by atoms with Gasteiger partial charge in [-0.25, -0.2) is 14.4 Å². The van der Waals surface area contributed by atoms with Gasteiger partial charge in [-0.1, -0.05) is 35.9 Å². The second kappa shape index (κ2) is 11.6. The second-order valence-electron chi connectivity index (χ2n) is 9.78. The maximum Gasteiger partial charge on any atom is 0.248 e. The van der Waals surface area contributed by atoms with Crippen LogP contribution in [0.15, 0.2) is 54.7 Å². The summed E-state index contributed by atoms with van der Waals surface area (Å²) in [5.74, 6) is 0.493. The van der Waals surface area contributed by atoms with Crippen LogP contribution in [0.2, 0.25) is 5.02 Å². The molecular formula is C29H31ClFN5O2. The van der Waals surface area contributed by atoms with Crippen molar-refractivity contribution in [3.63, 3.8) is 0 Å². The average Bonchev–Trinajstić information content (AvgIpc) is 3.78. The molecule has 1 aliphatic heterocycles. The Morgan fingerprint density at radius 3 is 2.55 bits per heavy atom. The topological polar surface area (TPSA) is 81.6 Å². The molecule has 198 valence electrons. The first kappa shape index (κ1) is 26.3. The molecule has 0 bridgehead atoms. The molecule has 2 fully saturated rings. The van der Waals surface area contributed by atoms with Crippen LogP contribution >= 0.6 is 11.6 Å². The molecule has 5 rings (SSSR count). The van der Waals surface area contributed by atoms with E-state index < -0.39 is 6.61 Å². The third kappa shape index (κ3) is 6.20. The monoisotopic (exact) mass is 535 g/mol. The molecule has 1 saturated carbocycles. The Bertz CT molecular complexity index is 1340. The molecule has 38 heavy (non-hydrogen) atoms. The summed E-state index contributed by atoms with van der Waals surface area (Å²) in [6.45, 7) is 5.01. The van der Waals surface area contributed by atoms with Gasteiger partial charge in [-0.3, -0.25) is 9.69 Å². The highest BCUT2D eigenvalue weighted by molar-refractivity contribution is 6.32. The number of aromatic nitrogens is 2. The molecule has 1 aliphatic carbocycles. The summed E-state index contributed by atoms with van der Waals surface area (Å²) in [5.41, 5.74) is 5.59. The van der Waals surface area contributed by atoms with Gasteiger partial charge in [0.05, 0.1) is 16.9 Å². The normalized spacial score (nSPS) is 16.5. The Hall–Kier alpha value is -3.33. The highest BCUT2D eigenvalue weighted by atomic mass is 35.5. The standard InChI is InChI=1S/C29H31ClFN5O2/c1-2-25(21-5-7-23(31)8-6-21)28-26(30)16-32-29(34-28)33-24-14-19(13-22(15-24)20-3-4-20)17-35-9-11-36(12-10-35)27(38)18-37/h2,5-8,13-16,20,37H,3-4,9-12,17-18H2,1H3,(H,32,33,34)/b25-2+. The number of aliphatic hydroxyl groups excluding tert-OH is 1. The van der Waals surface area contributed by atoms with Gasteiger partial charge < -0.3 is 15.3 Å². The van der Waals surface area contributed by atoms with E-state index in [4.69, 9.17) is 21.7 Å². The highest BCUT2D eigenvalue weighted by Gasteiger charge is 2.25. The quantitative estimate of drug-likeness (QED) is 0.423. The van der Waals surface area contributed by atoms with Crippen molar-refractivity contribution in [2.75, 3.05) is 38.1 Å². The maximum atomic E-state index is 13.5. The van der Waals surface area contributed by atoms with Crippen LogP contribution in [0.25, 0.3) is 5.57 Å². The summed E-state index contributed by atoms with van der Waals surface area (Å²) < 4.78 is 13.5. The Morgan fingerprint density at radius 1 is 1.16 bits per heavy atom. The fourth-order valence-corrected chi connectivity index (χ4v) is 5.06. The summed E-state index contributed by atoms with van der Waals surface area (Å²) in [6, 6.07) is 12.8. The Kier molecular flexibility index (Phi) is 8.02. The molecule has 2 aliphatic rings. The first-order chi connectivity index (χ1) is 18.4. The van der Waals surface area contributed by atoms with Crippen LogP contribution < -0.4 is 5.32 Å². The van der Waals surface area contributed by atoms with Gasteiger partial charge in [0.15, 0.2) is 0 Å². The zero-order valence-electron chi connectivity index (χ0n) is 21.3. The molecule has 9 heteroatoms. The van der Waals surface area contributed by atoms with Gasteiger partial charge in [0.25, 0.3) is 0 Å². The Morgan fingerprint density at radius 2 is 1.89 bits per heavy atom. The summed E-state index contributed by atoms with van der Waals surface area (Å²) in [4.78, 5) is 25.0. The fourth-order valence-electron chi connectivity index (χ4n) is 4.86. The number of carbonyl (C=O) groups is 1. The van der Waals surface area contributed by atoms with E-state index >= 15 is 0 Å². The Balaban J connectivity index is 1.35. The fraction of sp³-hybridized carbons (Fsp3) is 0.345. The first-order valence-corrected chi connectivity index (χ1v) is 13.3. The largest absolute Gasteiger partial charge is 0.387 e. The van der Waals surface area contributed by atoms with E-state index in [0.717, 1.165) is 36.5 Å². The summed E-state index contributed by atoms with van der Waals surface area (Å²) in [6.07, 6.45) is 5.87. The number of halogens is 2. The number of benzene rings is 2. The summed E-state index contributed by atoms with van der Waals surface area (Å²) >= 11 is 6.49. The van der Waals surface area contributed by atoms with Gasteiger partial charge in [-0.2, -0.15) is 0 Å². The number of amides is 1. The molecular weight excluding hydrogens is 505 g/mol. The van der Waals surface area contributed by atoms with Crippen LogP contribution in [0.1, 0.15) is 48.1 Å². The van der Waals surface area contributed by atoms with Gasteiger partial charge in [-0.05, 0) is 66.6 Å². The lowest BCUT2D eigenvalue weighted by atomic mass is 10.0. The zero-order chi connectivity index (χ0) is 26.6. The summed E-state index contributed by atoms with van der Waals surface area (Å²) in [7, 11) is 0. The molecule has 0 atom stereocenters. The molecule has 0 radical (unpaired) electrons. The van der Waals surface area contributed by atoms with Gasteiger partial charge in [0.2, 0.25) is 11.9 Å². The van der Waals surface area contributed by atoms with Crippen molar-refractivity contribution in [2.24, 2.45) is 0 Å². The number of piperazine rings is 1. The van der Waals surface area contributed by atoms with Crippen molar-refractivity contribution in [1.29, 1.82) is 0 Å². The van der Waals surface area contributed by atoms with Crippen LogP contribution in [0.4, 0.5) is 16.0 Å². The lowest BCUT2D eigenvalue weighted by molar-refractivity contribution is -0.135. The molecule has 2 heterocycles. The second-order valence-corrected chi connectivity index (χ2v) is 10.2. The minimum atomic E-state index is -0.438. The number of carbonyl (C=O) groups excluding carboxylic acids is 1. The number of aliphatic hydroxyl groups is 1. The van der Waals surface area contributed by atoms with Crippen molar-refractivity contribution < 1.29 is 14.3 Å². The van der Waals surface area contributed by atoms with Gasteiger partial charge in [-0.15, -0.1) is 0 Å². The molecule has 1 aromatic heterocycles. The van der Waals surface area contributed by atoms with Crippen molar-refractivity contribution in [2.45, 2.75) is 32.2 Å². The van der Waals surface area contributed by atoms with Crippen molar-refractivity contribution in [1.82, 2.24) is 19.8 Å². The predicted octanol–water partition coefficient (Wildman–Crippen LogP) is 4.98. The smallest absolute Gasteiger partial charge is 0.248 e. The number of hydrogen-bond acceptors (Lipinski definition) is 6. The van der Waals surface area contributed by atoms with E-state index in [1.807, 2.05) is 13.0 Å². The van der Waals surface area contributed by atoms with E-state index in [1.54, 1.807) is 23.2 Å². The molecule has 1 saturated heterocycles. The molecule has 0 spiro atoms. The molecule has 3 aromatic rings. The van der Waals surface area contributed by atoms with E-state index in [-0.39, 0.29) is 11.7 Å². The van der Waals surface area contributed by atoms with E-state index in [0.29, 0.717) is 35.7 Å². The van der Waals surface area contributed by atoms with Crippen molar-refractivity contribution in [3.05, 3.63) is 88.0 Å². The van der Waals surface area contributed by atoms with Crippen LogP contribution in [0.5, 0.6) is 0 Å². The third-order valence-electron chi connectivity index (χ3n) is 7.03. The number of rotatable bonds is 8. The first-order valence-electron chi connectivity index (χ1n) is 12.9. The number of allylic oxidation sites excluding steroid dienone is 1. The number of nitrogens with zero attached hydrogens (tertiary/aromatic N) is 4. The van der Waals surface area contributed by atoms with E-state index in [1.165, 1.54) is 36.1 Å². The van der Waals surface area contributed by atoms with E-state index in [2.05, 4.69) is 33.4 Å². The predicted molar refractivity (Wildman–Crippen MR) is 147 cm³/mol.